The Morgan fingerprint density at radius 1 is 1.32 bits per heavy atom. The zero-order valence-corrected chi connectivity index (χ0v) is 11.8. The second-order valence-corrected chi connectivity index (χ2v) is 5.17. The first-order chi connectivity index (χ1) is 8.99. The molecule has 0 fully saturated rings. The molecule has 0 saturated carbocycles. The van der Waals surface area contributed by atoms with Gasteiger partial charge >= 0.3 is 5.97 Å². The van der Waals surface area contributed by atoms with Crippen LogP contribution in [-0.2, 0) is 22.4 Å². The van der Waals surface area contributed by atoms with Crippen molar-refractivity contribution >= 4 is 17.6 Å². The van der Waals surface area contributed by atoms with Gasteiger partial charge < -0.3 is 14.9 Å². The van der Waals surface area contributed by atoms with E-state index in [0.29, 0.717) is 0 Å². The molecule has 0 aliphatic heterocycles. The lowest BCUT2D eigenvalue weighted by Gasteiger charge is -2.24. The number of hydrogen-bond acceptors (Lipinski definition) is 4. The molecule has 1 atom stereocenters. The predicted molar refractivity (Wildman–Crippen MR) is 71.5 cm³/mol. The van der Waals surface area contributed by atoms with Crippen LogP contribution >= 0.6 is 11.6 Å². The molecule has 19 heavy (non-hydrogen) atoms. The highest BCUT2D eigenvalue weighted by Gasteiger charge is 2.29. The number of carbonyl (C=O) groups excluding carboxylic acids is 1. The molecule has 0 bridgehead atoms. The van der Waals surface area contributed by atoms with E-state index in [1.165, 1.54) is 7.11 Å². The maximum Gasteiger partial charge on any atom is 0.339 e. The molecule has 2 N–H and O–H groups in total. The Morgan fingerprint density at radius 2 is 1.89 bits per heavy atom. The third-order valence-corrected chi connectivity index (χ3v) is 4.16. The predicted octanol–water partition coefficient (Wildman–Crippen LogP) is 2.44. The highest BCUT2D eigenvalue weighted by molar-refractivity contribution is 6.33. The molecule has 1 aromatic rings. The quantitative estimate of drug-likeness (QED) is 0.819. The average molecular weight is 285 g/mol. The second kappa shape index (κ2) is 5.39. The van der Waals surface area contributed by atoms with Crippen molar-refractivity contribution in [1.29, 1.82) is 0 Å². The largest absolute Gasteiger partial charge is 0.506 e. The van der Waals surface area contributed by atoms with Gasteiger partial charge in [-0.1, -0.05) is 11.6 Å². The highest BCUT2D eigenvalue weighted by atomic mass is 35.5. The average Bonchev–Trinajstić information content (AvgIpc) is 2.44. The fourth-order valence-corrected chi connectivity index (χ4v) is 3.04. The molecule has 1 aliphatic rings. The Kier molecular flexibility index (Phi) is 4.02. The van der Waals surface area contributed by atoms with Crippen molar-refractivity contribution in [1.82, 2.24) is 0 Å². The van der Waals surface area contributed by atoms with Crippen molar-refractivity contribution in [3.05, 3.63) is 27.3 Å². The second-order valence-electron chi connectivity index (χ2n) is 4.79. The summed E-state index contributed by atoms with van der Waals surface area (Å²) in [5, 5.41) is 20.4. The van der Waals surface area contributed by atoms with Crippen LogP contribution in [0.2, 0.25) is 5.02 Å². The summed E-state index contributed by atoms with van der Waals surface area (Å²) in [5.74, 6) is -1.01. The Bertz CT molecular complexity index is 525. The van der Waals surface area contributed by atoms with Crippen molar-refractivity contribution < 1.29 is 19.7 Å². The molecule has 0 radical (unpaired) electrons. The third kappa shape index (κ3) is 2.30. The van der Waals surface area contributed by atoms with Gasteiger partial charge in [0.15, 0.2) is 6.10 Å². The molecule has 1 aromatic carbocycles. The zero-order chi connectivity index (χ0) is 14.2. The number of esters is 1. The van der Waals surface area contributed by atoms with Crippen LogP contribution in [0.15, 0.2) is 0 Å². The van der Waals surface area contributed by atoms with Crippen molar-refractivity contribution in [2.75, 3.05) is 7.11 Å². The normalized spacial score (nSPS) is 15.8. The van der Waals surface area contributed by atoms with Crippen molar-refractivity contribution in [3.8, 4) is 5.75 Å². The molecule has 0 heterocycles. The SMILES string of the molecule is COC(=O)C(O)c1c(C)c2c(c(Cl)c1O)CCCC2. The number of aliphatic hydroxyl groups excluding tert-OH is 1. The van der Waals surface area contributed by atoms with E-state index in [1.54, 1.807) is 6.92 Å². The van der Waals surface area contributed by atoms with Crippen LogP contribution in [0.5, 0.6) is 5.75 Å². The molecule has 5 heteroatoms. The minimum atomic E-state index is -1.50. The number of benzene rings is 1. The summed E-state index contributed by atoms with van der Waals surface area (Å²) < 4.78 is 4.52. The van der Waals surface area contributed by atoms with E-state index >= 15 is 0 Å². The number of phenols is 1. The van der Waals surface area contributed by atoms with Crippen LogP contribution in [-0.4, -0.2) is 23.3 Å². The minimum absolute atomic E-state index is 0.164. The monoisotopic (exact) mass is 284 g/mol. The van der Waals surface area contributed by atoms with Gasteiger partial charge in [-0.25, -0.2) is 4.79 Å². The summed E-state index contributed by atoms with van der Waals surface area (Å²) in [6, 6.07) is 0. The third-order valence-electron chi connectivity index (χ3n) is 3.75. The van der Waals surface area contributed by atoms with Crippen molar-refractivity contribution in [3.63, 3.8) is 0 Å². The molecule has 104 valence electrons. The van der Waals surface area contributed by atoms with Gasteiger partial charge in [0.25, 0.3) is 0 Å². The summed E-state index contributed by atoms with van der Waals surface area (Å²) in [6.07, 6.45) is 2.24. The summed E-state index contributed by atoms with van der Waals surface area (Å²) in [6.45, 7) is 1.79. The van der Waals surface area contributed by atoms with Crippen LogP contribution in [0.4, 0.5) is 0 Å². The number of rotatable bonds is 2. The van der Waals surface area contributed by atoms with Crippen LogP contribution in [0.1, 0.15) is 41.2 Å². The number of hydrogen-bond donors (Lipinski definition) is 2. The van der Waals surface area contributed by atoms with Gasteiger partial charge in [0, 0.05) is 5.56 Å². The molecule has 2 rings (SSSR count). The number of fused-ring (bicyclic) bond motifs is 1. The Labute approximate surface area is 117 Å². The number of aromatic hydroxyl groups is 1. The minimum Gasteiger partial charge on any atom is -0.506 e. The van der Waals surface area contributed by atoms with Gasteiger partial charge in [-0.15, -0.1) is 0 Å². The number of aliphatic hydroxyl groups is 1. The molecule has 1 unspecified atom stereocenters. The standard InChI is InChI=1S/C14H17ClO4/c1-7-8-5-3-4-6-9(8)11(15)12(16)10(7)13(17)14(18)19-2/h13,16-17H,3-6H2,1-2H3. The smallest absolute Gasteiger partial charge is 0.339 e. The lowest BCUT2D eigenvalue weighted by atomic mass is 9.84. The number of phenolic OH excluding ortho intramolecular Hbond substituents is 1. The van der Waals surface area contributed by atoms with E-state index in [2.05, 4.69) is 4.74 Å². The number of carbonyl (C=O) groups is 1. The number of methoxy groups -OCH3 is 1. The fourth-order valence-electron chi connectivity index (χ4n) is 2.73. The first kappa shape index (κ1) is 14.2. The van der Waals surface area contributed by atoms with E-state index < -0.39 is 12.1 Å². The molecule has 0 amide bonds. The number of ether oxygens (including phenoxy) is 1. The number of halogens is 1. The summed E-state index contributed by atoms with van der Waals surface area (Å²) in [7, 11) is 1.19. The van der Waals surface area contributed by atoms with Crippen LogP contribution in [0.3, 0.4) is 0 Å². The van der Waals surface area contributed by atoms with Gasteiger partial charge in [0.05, 0.1) is 12.1 Å². The lowest BCUT2D eigenvalue weighted by molar-refractivity contribution is -0.150. The maximum atomic E-state index is 11.5. The maximum absolute atomic E-state index is 11.5. The van der Waals surface area contributed by atoms with E-state index in [-0.39, 0.29) is 16.3 Å². The van der Waals surface area contributed by atoms with Crippen molar-refractivity contribution in [2.24, 2.45) is 0 Å². The molecular weight excluding hydrogens is 268 g/mol. The van der Waals surface area contributed by atoms with Gasteiger partial charge in [-0.3, -0.25) is 0 Å². The van der Waals surface area contributed by atoms with Gasteiger partial charge in [0.1, 0.15) is 5.75 Å². The summed E-state index contributed by atoms with van der Waals surface area (Å²) >= 11 is 6.17. The van der Waals surface area contributed by atoms with E-state index in [0.717, 1.165) is 42.4 Å². The van der Waals surface area contributed by atoms with E-state index in [1.807, 2.05) is 0 Å². The van der Waals surface area contributed by atoms with Crippen LogP contribution < -0.4 is 0 Å². The first-order valence-corrected chi connectivity index (χ1v) is 6.65. The van der Waals surface area contributed by atoms with Gasteiger partial charge in [-0.05, 0) is 49.3 Å². The molecule has 0 aromatic heterocycles. The first-order valence-electron chi connectivity index (χ1n) is 6.27. The molecule has 0 spiro atoms. The highest BCUT2D eigenvalue weighted by Crippen LogP contribution is 2.42. The van der Waals surface area contributed by atoms with E-state index in [4.69, 9.17) is 11.6 Å². The van der Waals surface area contributed by atoms with E-state index in [9.17, 15) is 15.0 Å². The van der Waals surface area contributed by atoms with Crippen molar-refractivity contribution in [2.45, 2.75) is 38.7 Å². The molecule has 1 aliphatic carbocycles. The molecule has 0 saturated heterocycles. The van der Waals surface area contributed by atoms with Gasteiger partial charge in [0.2, 0.25) is 0 Å². The van der Waals surface area contributed by atoms with Crippen LogP contribution in [0.25, 0.3) is 0 Å². The Balaban J connectivity index is 2.62. The molecular formula is C14H17ClO4. The Morgan fingerprint density at radius 3 is 2.47 bits per heavy atom. The van der Waals surface area contributed by atoms with Gasteiger partial charge in [-0.2, -0.15) is 0 Å². The lowest BCUT2D eigenvalue weighted by Crippen LogP contribution is -2.17. The molecule has 4 nitrogen and oxygen atoms in total. The van der Waals surface area contributed by atoms with Crippen LogP contribution in [0, 0.1) is 6.92 Å². The topological polar surface area (TPSA) is 66.8 Å². The summed E-state index contributed by atoms with van der Waals surface area (Å²) in [5.41, 5.74) is 2.86. The fraction of sp³-hybridized carbons (Fsp3) is 0.500. The summed E-state index contributed by atoms with van der Waals surface area (Å²) in [4.78, 5) is 11.5. The zero-order valence-electron chi connectivity index (χ0n) is 11.0. The Hall–Kier alpha value is -1.26.